The molecule has 1 aromatic rings. The first-order valence-electron chi connectivity index (χ1n) is 8.51. The molecule has 2 rings (SSSR count). The summed E-state index contributed by atoms with van der Waals surface area (Å²) in [6, 6.07) is 8.11. The Morgan fingerprint density at radius 3 is 2.52 bits per heavy atom. The zero-order valence-corrected chi connectivity index (χ0v) is 16.2. The predicted molar refractivity (Wildman–Crippen MR) is 102 cm³/mol. The third-order valence-electron chi connectivity index (χ3n) is 4.70. The fraction of sp³-hybridized carbons (Fsp3) is 0.611. The lowest BCUT2D eigenvalue weighted by atomic mass is 9.92. The van der Waals surface area contributed by atoms with Crippen molar-refractivity contribution in [2.75, 3.05) is 32.8 Å². The van der Waals surface area contributed by atoms with Crippen molar-refractivity contribution in [3.8, 4) is 0 Å². The summed E-state index contributed by atoms with van der Waals surface area (Å²) in [6.45, 7) is 8.69. The Morgan fingerprint density at radius 2 is 1.91 bits per heavy atom. The number of carbonyl (C=O) groups is 1. The molecule has 5 heteroatoms. The van der Waals surface area contributed by atoms with E-state index in [2.05, 4.69) is 46.7 Å². The summed E-state index contributed by atoms with van der Waals surface area (Å²) in [6.07, 6.45) is 2.27. The molecule has 1 N–H and O–H groups in total. The average Bonchev–Trinajstić information content (AvgIpc) is 2.59. The highest BCUT2D eigenvalue weighted by molar-refractivity contribution is 14.1. The highest BCUT2D eigenvalue weighted by Crippen LogP contribution is 2.20. The molecule has 23 heavy (non-hydrogen) atoms. The summed E-state index contributed by atoms with van der Waals surface area (Å²) >= 11 is 2.22. The van der Waals surface area contributed by atoms with Crippen LogP contribution in [-0.4, -0.2) is 49.7 Å². The van der Waals surface area contributed by atoms with E-state index in [4.69, 9.17) is 4.74 Å². The summed E-state index contributed by atoms with van der Waals surface area (Å²) in [5.41, 5.74) is 0.762. The normalized spacial score (nSPS) is 17.2. The van der Waals surface area contributed by atoms with Crippen LogP contribution >= 0.6 is 22.6 Å². The molecular weight excluding hydrogens is 403 g/mol. The minimum Gasteiger partial charge on any atom is -0.379 e. The molecule has 1 amide bonds. The maximum absolute atomic E-state index is 12.5. The van der Waals surface area contributed by atoms with Crippen LogP contribution in [0.1, 0.15) is 37.0 Å². The fourth-order valence-corrected chi connectivity index (χ4v) is 3.91. The second-order valence-corrected chi connectivity index (χ2v) is 7.14. The van der Waals surface area contributed by atoms with Crippen molar-refractivity contribution < 1.29 is 9.53 Å². The molecule has 0 aromatic heterocycles. The van der Waals surface area contributed by atoms with E-state index in [-0.39, 0.29) is 5.91 Å². The van der Waals surface area contributed by atoms with E-state index in [1.165, 1.54) is 0 Å². The Labute approximate surface area is 153 Å². The first-order chi connectivity index (χ1) is 11.2. The van der Waals surface area contributed by atoms with Crippen molar-refractivity contribution in [2.24, 2.45) is 5.92 Å². The molecule has 1 aromatic carbocycles. The van der Waals surface area contributed by atoms with Gasteiger partial charge in [-0.05, 0) is 40.6 Å². The van der Waals surface area contributed by atoms with Gasteiger partial charge >= 0.3 is 0 Å². The minimum absolute atomic E-state index is 0.0271. The second kappa shape index (κ2) is 9.59. The number of carbonyl (C=O) groups excluding carboxylic acids is 1. The molecule has 1 aliphatic heterocycles. The van der Waals surface area contributed by atoms with Gasteiger partial charge < -0.3 is 10.1 Å². The van der Waals surface area contributed by atoms with Crippen molar-refractivity contribution in [1.29, 1.82) is 0 Å². The molecule has 1 fully saturated rings. The SMILES string of the molecule is CCC(CC)[C@@H](CNC(=O)c1ccccc1I)N1CCOCC1. The second-order valence-electron chi connectivity index (χ2n) is 5.98. The van der Waals surface area contributed by atoms with Crippen molar-refractivity contribution >= 4 is 28.5 Å². The number of hydrogen-bond donors (Lipinski definition) is 1. The highest BCUT2D eigenvalue weighted by Gasteiger charge is 2.27. The number of nitrogens with one attached hydrogen (secondary N) is 1. The van der Waals surface area contributed by atoms with Crippen LogP contribution in [0.15, 0.2) is 24.3 Å². The quantitative estimate of drug-likeness (QED) is 0.676. The van der Waals surface area contributed by atoms with Gasteiger partial charge in [-0.1, -0.05) is 38.8 Å². The fourth-order valence-electron chi connectivity index (χ4n) is 3.27. The smallest absolute Gasteiger partial charge is 0.252 e. The lowest BCUT2D eigenvalue weighted by Gasteiger charge is -2.38. The Kier molecular flexibility index (Phi) is 7.79. The van der Waals surface area contributed by atoms with Crippen molar-refractivity contribution in [1.82, 2.24) is 10.2 Å². The van der Waals surface area contributed by atoms with Crippen molar-refractivity contribution in [3.63, 3.8) is 0 Å². The molecular formula is C18H27IN2O2. The van der Waals surface area contributed by atoms with Gasteiger partial charge in [-0.25, -0.2) is 0 Å². The Balaban J connectivity index is 2.02. The lowest BCUT2D eigenvalue weighted by molar-refractivity contribution is 0.00191. The van der Waals surface area contributed by atoms with Gasteiger partial charge in [0.2, 0.25) is 0 Å². The minimum atomic E-state index is 0.0271. The van der Waals surface area contributed by atoms with E-state index in [0.717, 1.165) is 48.3 Å². The van der Waals surface area contributed by atoms with E-state index in [9.17, 15) is 4.79 Å². The number of halogens is 1. The number of amides is 1. The summed E-state index contributed by atoms with van der Waals surface area (Å²) in [7, 11) is 0. The standard InChI is InChI=1S/C18H27IN2O2/c1-3-14(4-2)17(21-9-11-23-12-10-21)13-20-18(22)15-7-5-6-8-16(15)19/h5-8,14,17H,3-4,9-13H2,1-2H3,(H,20,22)/t17-/m1/s1. The predicted octanol–water partition coefficient (Wildman–Crippen LogP) is 3.16. The monoisotopic (exact) mass is 430 g/mol. The molecule has 0 radical (unpaired) electrons. The number of morpholine rings is 1. The Hall–Kier alpha value is -0.660. The van der Waals surface area contributed by atoms with Crippen LogP contribution in [0.5, 0.6) is 0 Å². The van der Waals surface area contributed by atoms with Crippen LogP contribution in [0.25, 0.3) is 0 Å². The van der Waals surface area contributed by atoms with E-state index in [1.807, 2.05) is 24.3 Å². The first kappa shape index (κ1) is 18.7. The maximum Gasteiger partial charge on any atom is 0.252 e. The van der Waals surface area contributed by atoms with E-state index in [1.54, 1.807) is 0 Å². The van der Waals surface area contributed by atoms with Crippen molar-refractivity contribution in [2.45, 2.75) is 32.7 Å². The van der Waals surface area contributed by atoms with E-state index in [0.29, 0.717) is 18.5 Å². The van der Waals surface area contributed by atoms with Gasteiger partial charge in [0.05, 0.1) is 18.8 Å². The Bertz CT molecular complexity index is 500. The third kappa shape index (κ3) is 5.16. The molecule has 1 heterocycles. The van der Waals surface area contributed by atoms with Crippen LogP contribution in [-0.2, 0) is 4.74 Å². The van der Waals surface area contributed by atoms with Crippen LogP contribution < -0.4 is 5.32 Å². The third-order valence-corrected chi connectivity index (χ3v) is 5.64. The summed E-state index contributed by atoms with van der Waals surface area (Å²) in [4.78, 5) is 15.0. The summed E-state index contributed by atoms with van der Waals surface area (Å²) in [5.74, 6) is 0.627. The molecule has 0 aliphatic carbocycles. The van der Waals surface area contributed by atoms with Gasteiger partial charge in [0, 0.05) is 29.2 Å². The van der Waals surface area contributed by atoms with Gasteiger partial charge in [0.1, 0.15) is 0 Å². The van der Waals surface area contributed by atoms with Crippen LogP contribution in [0.2, 0.25) is 0 Å². The van der Waals surface area contributed by atoms with Crippen LogP contribution in [0.4, 0.5) is 0 Å². The molecule has 1 atom stereocenters. The molecule has 4 nitrogen and oxygen atoms in total. The van der Waals surface area contributed by atoms with Crippen LogP contribution in [0, 0.1) is 9.49 Å². The van der Waals surface area contributed by atoms with Gasteiger partial charge in [0.25, 0.3) is 5.91 Å². The number of ether oxygens (including phenoxy) is 1. The van der Waals surface area contributed by atoms with Crippen molar-refractivity contribution in [3.05, 3.63) is 33.4 Å². The molecule has 0 bridgehead atoms. The zero-order valence-electron chi connectivity index (χ0n) is 14.1. The highest BCUT2D eigenvalue weighted by atomic mass is 127. The Morgan fingerprint density at radius 1 is 1.26 bits per heavy atom. The van der Waals surface area contributed by atoms with Gasteiger partial charge in [-0.15, -0.1) is 0 Å². The molecule has 128 valence electrons. The maximum atomic E-state index is 12.5. The number of hydrogen-bond acceptors (Lipinski definition) is 3. The summed E-state index contributed by atoms with van der Waals surface area (Å²) < 4.78 is 6.47. The van der Waals surface area contributed by atoms with Gasteiger partial charge in [-0.3, -0.25) is 9.69 Å². The lowest BCUT2D eigenvalue weighted by Crippen LogP contribution is -2.52. The largest absolute Gasteiger partial charge is 0.379 e. The number of benzene rings is 1. The van der Waals surface area contributed by atoms with E-state index < -0.39 is 0 Å². The van der Waals surface area contributed by atoms with Crippen LogP contribution in [0.3, 0.4) is 0 Å². The summed E-state index contributed by atoms with van der Waals surface area (Å²) in [5, 5.41) is 3.16. The number of rotatable bonds is 7. The van der Waals surface area contributed by atoms with E-state index >= 15 is 0 Å². The zero-order chi connectivity index (χ0) is 16.7. The van der Waals surface area contributed by atoms with Gasteiger partial charge in [0.15, 0.2) is 0 Å². The molecule has 1 aliphatic rings. The molecule has 0 spiro atoms. The average molecular weight is 430 g/mol. The first-order valence-corrected chi connectivity index (χ1v) is 9.59. The number of nitrogens with zero attached hydrogens (tertiary/aromatic N) is 1. The molecule has 0 saturated carbocycles. The molecule has 1 saturated heterocycles. The van der Waals surface area contributed by atoms with Gasteiger partial charge in [-0.2, -0.15) is 0 Å². The topological polar surface area (TPSA) is 41.6 Å². The molecule has 0 unspecified atom stereocenters.